The number of carbonyl (C=O) groups is 1. The summed E-state index contributed by atoms with van der Waals surface area (Å²) in [5, 5.41) is 9.98. The summed E-state index contributed by atoms with van der Waals surface area (Å²) in [6.45, 7) is 2.96. The molecule has 3 heterocycles. The van der Waals surface area contributed by atoms with E-state index in [2.05, 4.69) is 20.7 Å². The summed E-state index contributed by atoms with van der Waals surface area (Å²) < 4.78 is 7.47. The van der Waals surface area contributed by atoms with E-state index in [0.717, 1.165) is 23.4 Å². The molecule has 0 saturated carbocycles. The molecule has 1 aliphatic rings. The number of ether oxygens (including phenoxy) is 1. The van der Waals surface area contributed by atoms with Gasteiger partial charge in [-0.3, -0.25) is 9.67 Å². The number of nitrogens with zero attached hydrogens (tertiary/aromatic N) is 3. The van der Waals surface area contributed by atoms with Crippen molar-refractivity contribution >= 4 is 6.03 Å². The van der Waals surface area contributed by atoms with Crippen LogP contribution in [0.15, 0.2) is 30.6 Å². The van der Waals surface area contributed by atoms with Gasteiger partial charge in [0, 0.05) is 31.1 Å². The number of carbonyl (C=O) groups excluding carboxylic acids is 1. The Labute approximate surface area is 135 Å². The Balaban J connectivity index is 1.54. The average Bonchev–Trinajstić information content (AvgIpc) is 3.14. The monoisotopic (exact) mass is 315 g/mol. The lowest BCUT2D eigenvalue weighted by molar-refractivity contribution is 0.0998. The van der Waals surface area contributed by atoms with E-state index in [1.54, 1.807) is 10.9 Å². The summed E-state index contributed by atoms with van der Waals surface area (Å²) in [5.41, 5.74) is 2.76. The predicted octanol–water partition coefficient (Wildman–Crippen LogP) is 1.45. The first kappa shape index (κ1) is 15.5. The van der Waals surface area contributed by atoms with Gasteiger partial charge in [0.2, 0.25) is 0 Å². The number of amides is 2. The van der Waals surface area contributed by atoms with Crippen LogP contribution in [-0.2, 0) is 18.3 Å². The Morgan fingerprint density at radius 2 is 2.35 bits per heavy atom. The van der Waals surface area contributed by atoms with Crippen LogP contribution in [0.4, 0.5) is 4.79 Å². The maximum atomic E-state index is 12.1. The van der Waals surface area contributed by atoms with Crippen molar-refractivity contribution in [3.05, 3.63) is 47.5 Å². The molecule has 1 saturated heterocycles. The van der Waals surface area contributed by atoms with Crippen LogP contribution < -0.4 is 10.6 Å². The first-order chi connectivity index (χ1) is 11.1. The predicted molar refractivity (Wildman–Crippen MR) is 84.7 cm³/mol. The highest BCUT2D eigenvalue weighted by Crippen LogP contribution is 2.28. The molecular formula is C16H21N5O2. The van der Waals surface area contributed by atoms with Crippen molar-refractivity contribution in [2.45, 2.75) is 32.0 Å². The van der Waals surface area contributed by atoms with Crippen molar-refractivity contribution in [2.75, 3.05) is 6.61 Å². The van der Waals surface area contributed by atoms with E-state index in [1.165, 1.54) is 0 Å². The van der Waals surface area contributed by atoms with Gasteiger partial charge in [-0.05, 0) is 25.5 Å². The van der Waals surface area contributed by atoms with Gasteiger partial charge < -0.3 is 15.4 Å². The summed E-state index contributed by atoms with van der Waals surface area (Å²) >= 11 is 0. The smallest absolute Gasteiger partial charge is 0.315 e. The molecule has 0 aromatic carbocycles. The molecule has 0 aliphatic carbocycles. The van der Waals surface area contributed by atoms with Crippen LogP contribution in [0.1, 0.15) is 29.5 Å². The zero-order chi connectivity index (χ0) is 16.2. The van der Waals surface area contributed by atoms with Gasteiger partial charge >= 0.3 is 6.03 Å². The molecule has 1 fully saturated rings. The van der Waals surface area contributed by atoms with Crippen LogP contribution in [0.2, 0.25) is 0 Å². The highest BCUT2D eigenvalue weighted by Gasteiger charge is 2.31. The fourth-order valence-electron chi connectivity index (χ4n) is 2.74. The number of hydrogen-bond acceptors (Lipinski definition) is 4. The number of hydrogen-bond donors (Lipinski definition) is 2. The third-order valence-corrected chi connectivity index (χ3v) is 3.84. The highest BCUT2D eigenvalue weighted by atomic mass is 16.5. The molecule has 0 unspecified atom stereocenters. The second kappa shape index (κ2) is 6.78. The second-order valence-electron chi connectivity index (χ2n) is 5.73. The molecule has 7 nitrogen and oxygen atoms in total. The molecule has 0 spiro atoms. The van der Waals surface area contributed by atoms with Gasteiger partial charge in [0.1, 0.15) is 6.10 Å². The van der Waals surface area contributed by atoms with Gasteiger partial charge in [0.15, 0.2) is 0 Å². The summed E-state index contributed by atoms with van der Waals surface area (Å²) in [5.74, 6) is 0. The van der Waals surface area contributed by atoms with Gasteiger partial charge in [-0.15, -0.1) is 0 Å². The lowest BCUT2D eigenvalue weighted by Crippen LogP contribution is -2.43. The Morgan fingerprint density at radius 3 is 3.09 bits per heavy atom. The summed E-state index contributed by atoms with van der Waals surface area (Å²) in [6.07, 6.45) is 4.33. The summed E-state index contributed by atoms with van der Waals surface area (Å²) in [6, 6.07) is 5.49. The first-order valence-corrected chi connectivity index (χ1v) is 7.69. The maximum absolute atomic E-state index is 12.1. The second-order valence-corrected chi connectivity index (χ2v) is 5.73. The van der Waals surface area contributed by atoms with Crippen molar-refractivity contribution < 1.29 is 9.53 Å². The van der Waals surface area contributed by atoms with Gasteiger partial charge in [-0.1, -0.05) is 6.07 Å². The van der Waals surface area contributed by atoms with Crippen molar-refractivity contribution in [3.63, 3.8) is 0 Å². The van der Waals surface area contributed by atoms with Crippen LogP contribution in [0.25, 0.3) is 0 Å². The molecule has 2 aromatic heterocycles. The zero-order valence-electron chi connectivity index (χ0n) is 13.3. The molecule has 2 N–H and O–H groups in total. The molecule has 7 heteroatoms. The van der Waals surface area contributed by atoms with Crippen LogP contribution in [0.3, 0.4) is 0 Å². The molecule has 0 bridgehead atoms. The van der Waals surface area contributed by atoms with Crippen LogP contribution in [-0.4, -0.2) is 33.4 Å². The normalized spacial score (nSPS) is 20.4. The van der Waals surface area contributed by atoms with Crippen molar-refractivity contribution in [1.29, 1.82) is 0 Å². The van der Waals surface area contributed by atoms with E-state index in [1.807, 2.05) is 38.4 Å². The molecule has 2 atom stereocenters. The van der Waals surface area contributed by atoms with Crippen LogP contribution >= 0.6 is 0 Å². The fraction of sp³-hybridized carbons (Fsp3) is 0.438. The quantitative estimate of drug-likeness (QED) is 0.895. The molecule has 3 rings (SSSR count). The largest absolute Gasteiger partial charge is 0.371 e. The van der Waals surface area contributed by atoms with E-state index in [-0.39, 0.29) is 18.2 Å². The maximum Gasteiger partial charge on any atom is 0.315 e. The molecule has 122 valence electrons. The van der Waals surface area contributed by atoms with E-state index in [9.17, 15) is 4.79 Å². The van der Waals surface area contributed by atoms with E-state index in [4.69, 9.17) is 4.74 Å². The molecular weight excluding hydrogens is 294 g/mol. The lowest BCUT2D eigenvalue weighted by atomic mass is 10.1. The molecule has 2 aromatic rings. The number of urea groups is 1. The number of aryl methyl sites for hydroxylation is 2. The Hall–Kier alpha value is -2.41. The molecule has 23 heavy (non-hydrogen) atoms. The Kier molecular flexibility index (Phi) is 4.57. The fourth-order valence-corrected chi connectivity index (χ4v) is 2.74. The Morgan fingerprint density at radius 1 is 1.48 bits per heavy atom. The van der Waals surface area contributed by atoms with Crippen molar-refractivity contribution in [2.24, 2.45) is 7.05 Å². The molecule has 1 aliphatic heterocycles. The average molecular weight is 315 g/mol. The van der Waals surface area contributed by atoms with Crippen molar-refractivity contribution in [1.82, 2.24) is 25.4 Å². The highest BCUT2D eigenvalue weighted by molar-refractivity contribution is 5.74. The third-order valence-electron chi connectivity index (χ3n) is 3.84. The van der Waals surface area contributed by atoms with E-state index >= 15 is 0 Å². The molecule has 2 amide bonds. The third kappa shape index (κ3) is 3.87. The van der Waals surface area contributed by atoms with E-state index < -0.39 is 0 Å². The topological polar surface area (TPSA) is 81.1 Å². The number of aromatic nitrogens is 3. The zero-order valence-corrected chi connectivity index (χ0v) is 13.3. The lowest BCUT2D eigenvalue weighted by Gasteiger charge is -2.19. The van der Waals surface area contributed by atoms with Gasteiger partial charge in [0.05, 0.1) is 24.5 Å². The minimum Gasteiger partial charge on any atom is -0.371 e. The van der Waals surface area contributed by atoms with Crippen LogP contribution in [0.5, 0.6) is 0 Å². The Bertz CT molecular complexity index is 685. The first-order valence-electron chi connectivity index (χ1n) is 7.69. The minimum absolute atomic E-state index is 0.0512. The standard InChI is InChI=1S/C16H21N5O2/c1-11-4-3-5-13(19-11)9-17-16(22)20-14-6-7-23-15(14)12-8-18-21(2)10-12/h3-5,8,10,14-15H,6-7,9H2,1-2H3,(H2,17,20,22)/t14-,15+/m0/s1. The number of pyridine rings is 1. The van der Waals surface area contributed by atoms with Gasteiger partial charge in [-0.25, -0.2) is 4.79 Å². The minimum atomic E-state index is -0.210. The SMILES string of the molecule is Cc1cccc(CNC(=O)N[C@H]2CCO[C@@H]2c2cnn(C)c2)n1. The van der Waals surface area contributed by atoms with Crippen molar-refractivity contribution in [3.8, 4) is 0 Å². The number of rotatable bonds is 4. The number of nitrogens with one attached hydrogen (secondary N) is 2. The van der Waals surface area contributed by atoms with Gasteiger partial charge in [0.25, 0.3) is 0 Å². The van der Waals surface area contributed by atoms with E-state index in [0.29, 0.717) is 13.2 Å². The summed E-state index contributed by atoms with van der Waals surface area (Å²) in [7, 11) is 1.86. The molecule has 0 radical (unpaired) electrons. The summed E-state index contributed by atoms with van der Waals surface area (Å²) in [4.78, 5) is 16.5. The van der Waals surface area contributed by atoms with Gasteiger partial charge in [-0.2, -0.15) is 5.10 Å². The van der Waals surface area contributed by atoms with Crippen LogP contribution in [0, 0.1) is 6.92 Å².